The second-order valence-corrected chi connectivity index (χ2v) is 4.66. The van der Waals surface area contributed by atoms with Crippen LogP contribution in [-0.2, 0) is 4.79 Å². The Morgan fingerprint density at radius 1 is 1.38 bits per heavy atom. The van der Waals surface area contributed by atoms with Gasteiger partial charge in [-0.25, -0.2) is 0 Å². The van der Waals surface area contributed by atoms with Gasteiger partial charge in [0.05, 0.1) is 13.1 Å². The predicted molar refractivity (Wildman–Crippen MR) is 53.9 cm³/mol. The van der Waals surface area contributed by atoms with Crippen LogP contribution < -0.4 is 10.6 Å². The van der Waals surface area contributed by atoms with Crippen LogP contribution >= 0.6 is 0 Å². The molecule has 2 N–H and O–H groups in total. The molecule has 0 bridgehead atoms. The van der Waals surface area contributed by atoms with Crippen molar-refractivity contribution in [2.45, 2.75) is 32.4 Å². The van der Waals surface area contributed by atoms with Crippen molar-refractivity contribution in [3.05, 3.63) is 0 Å². The second kappa shape index (κ2) is 5.03. The van der Waals surface area contributed by atoms with Gasteiger partial charge < -0.3 is 10.6 Å². The number of hydrogen-bond donors (Lipinski definition) is 2. The normalized spacial score (nSPS) is 19.0. The molecule has 1 amide bonds. The minimum atomic E-state index is -4.26. The Hall–Kier alpha value is -0.780. The van der Waals surface area contributed by atoms with E-state index in [1.165, 1.54) is 6.42 Å². The number of alkyl halides is 3. The Balaban J connectivity index is 2.07. The fourth-order valence-electron chi connectivity index (χ4n) is 1.65. The van der Waals surface area contributed by atoms with Crippen LogP contribution in [0.4, 0.5) is 13.2 Å². The summed E-state index contributed by atoms with van der Waals surface area (Å²) in [4.78, 5) is 11.2. The van der Waals surface area contributed by atoms with Crippen LogP contribution in [0.25, 0.3) is 0 Å². The third-order valence-electron chi connectivity index (χ3n) is 2.88. The van der Waals surface area contributed by atoms with Gasteiger partial charge in [-0.1, -0.05) is 13.3 Å². The molecular formula is C10H17F3N2O. The summed E-state index contributed by atoms with van der Waals surface area (Å²) in [7, 11) is 0. The summed E-state index contributed by atoms with van der Waals surface area (Å²) in [5.74, 6) is -0.377. The number of hydrogen-bond acceptors (Lipinski definition) is 2. The van der Waals surface area contributed by atoms with Crippen LogP contribution in [0.1, 0.15) is 26.2 Å². The molecule has 0 heterocycles. The zero-order valence-electron chi connectivity index (χ0n) is 9.28. The van der Waals surface area contributed by atoms with Gasteiger partial charge in [0, 0.05) is 6.54 Å². The molecule has 0 atom stereocenters. The van der Waals surface area contributed by atoms with Crippen LogP contribution in [-0.4, -0.2) is 31.7 Å². The van der Waals surface area contributed by atoms with Crippen molar-refractivity contribution in [1.29, 1.82) is 0 Å². The topological polar surface area (TPSA) is 41.1 Å². The zero-order valence-corrected chi connectivity index (χ0v) is 9.28. The van der Waals surface area contributed by atoms with E-state index in [2.05, 4.69) is 17.6 Å². The smallest absolute Gasteiger partial charge is 0.354 e. The standard InChI is InChI=1S/C10H17F3N2O/c1-9(3-2-4-9)6-15-8(16)5-14-7-10(11,12)13/h14H,2-7H2,1H3,(H,15,16). The number of carbonyl (C=O) groups excluding carboxylic acids is 1. The van der Waals surface area contributed by atoms with Crippen molar-refractivity contribution in [2.24, 2.45) is 5.41 Å². The quantitative estimate of drug-likeness (QED) is 0.761. The summed E-state index contributed by atoms with van der Waals surface area (Å²) in [6.45, 7) is 1.22. The lowest BCUT2D eigenvalue weighted by Gasteiger charge is -2.38. The molecule has 0 aromatic heterocycles. The SMILES string of the molecule is CC1(CNC(=O)CNCC(F)(F)F)CCC1. The monoisotopic (exact) mass is 238 g/mol. The molecular weight excluding hydrogens is 221 g/mol. The fraction of sp³-hybridized carbons (Fsp3) is 0.900. The van der Waals surface area contributed by atoms with Gasteiger partial charge >= 0.3 is 6.18 Å². The third kappa shape index (κ3) is 4.83. The van der Waals surface area contributed by atoms with Gasteiger partial charge in [-0.2, -0.15) is 13.2 Å². The van der Waals surface area contributed by atoms with Crippen molar-refractivity contribution in [3.8, 4) is 0 Å². The Labute approximate surface area is 92.8 Å². The van der Waals surface area contributed by atoms with Gasteiger partial charge in [0.15, 0.2) is 0 Å². The lowest BCUT2D eigenvalue weighted by atomic mass is 9.70. The molecule has 1 saturated carbocycles. The van der Waals surface area contributed by atoms with E-state index in [9.17, 15) is 18.0 Å². The van der Waals surface area contributed by atoms with Gasteiger partial charge in [-0.15, -0.1) is 0 Å². The van der Waals surface area contributed by atoms with Crippen LogP contribution in [0.3, 0.4) is 0 Å². The number of halogens is 3. The van der Waals surface area contributed by atoms with E-state index in [1.807, 2.05) is 0 Å². The minimum Gasteiger partial charge on any atom is -0.354 e. The van der Waals surface area contributed by atoms with E-state index < -0.39 is 12.7 Å². The number of rotatable bonds is 5. The summed E-state index contributed by atoms with van der Waals surface area (Å²) in [5.41, 5.74) is 0.152. The molecule has 0 spiro atoms. The van der Waals surface area contributed by atoms with E-state index in [0.717, 1.165) is 12.8 Å². The highest BCUT2D eigenvalue weighted by Gasteiger charge is 2.32. The van der Waals surface area contributed by atoms with Crippen LogP contribution in [0.5, 0.6) is 0 Å². The first-order valence-electron chi connectivity index (χ1n) is 5.35. The molecule has 94 valence electrons. The van der Waals surface area contributed by atoms with E-state index in [0.29, 0.717) is 6.54 Å². The number of amides is 1. The minimum absolute atomic E-state index is 0.152. The van der Waals surface area contributed by atoms with E-state index in [4.69, 9.17) is 0 Å². The Kier molecular flexibility index (Phi) is 4.18. The highest BCUT2D eigenvalue weighted by Crippen LogP contribution is 2.39. The van der Waals surface area contributed by atoms with Gasteiger partial charge in [0.25, 0.3) is 0 Å². The summed E-state index contributed by atoms with van der Waals surface area (Å²) in [6, 6.07) is 0. The van der Waals surface area contributed by atoms with Crippen LogP contribution in [0, 0.1) is 5.41 Å². The highest BCUT2D eigenvalue weighted by atomic mass is 19.4. The Bertz CT molecular complexity index is 249. The van der Waals surface area contributed by atoms with Gasteiger partial charge in [-0.3, -0.25) is 4.79 Å². The molecule has 3 nitrogen and oxygen atoms in total. The lowest BCUT2D eigenvalue weighted by Crippen LogP contribution is -2.44. The van der Waals surface area contributed by atoms with Crippen molar-refractivity contribution in [2.75, 3.05) is 19.6 Å². The van der Waals surface area contributed by atoms with E-state index in [-0.39, 0.29) is 17.9 Å². The molecule has 0 saturated heterocycles. The molecule has 0 aliphatic heterocycles. The summed E-state index contributed by atoms with van der Waals surface area (Å²) in [5, 5.41) is 4.70. The maximum absolute atomic E-state index is 11.8. The van der Waals surface area contributed by atoms with Gasteiger partial charge in [0.2, 0.25) is 5.91 Å². The fourth-order valence-corrected chi connectivity index (χ4v) is 1.65. The highest BCUT2D eigenvalue weighted by molar-refractivity contribution is 5.78. The molecule has 16 heavy (non-hydrogen) atoms. The summed E-state index contributed by atoms with van der Waals surface area (Å²) in [6.07, 6.45) is -0.953. The first-order chi connectivity index (χ1) is 7.31. The molecule has 1 aliphatic carbocycles. The largest absolute Gasteiger partial charge is 0.401 e. The van der Waals surface area contributed by atoms with Crippen LogP contribution in [0.2, 0.25) is 0 Å². The predicted octanol–water partition coefficient (Wildman–Crippen LogP) is 1.44. The van der Waals surface area contributed by atoms with Gasteiger partial charge in [0.1, 0.15) is 0 Å². The first kappa shape index (κ1) is 13.3. The molecule has 0 radical (unpaired) electrons. The van der Waals surface area contributed by atoms with Crippen molar-refractivity contribution in [1.82, 2.24) is 10.6 Å². The third-order valence-corrected chi connectivity index (χ3v) is 2.88. The number of carbonyl (C=O) groups is 1. The summed E-state index contributed by atoms with van der Waals surface area (Å²) >= 11 is 0. The molecule has 6 heteroatoms. The van der Waals surface area contributed by atoms with Crippen molar-refractivity contribution in [3.63, 3.8) is 0 Å². The van der Waals surface area contributed by atoms with E-state index in [1.54, 1.807) is 0 Å². The number of nitrogens with one attached hydrogen (secondary N) is 2. The first-order valence-corrected chi connectivity index (χ1v) is 5.35. The lowest BCUT2D eigenvalue weighted by molar-refractivity contribution is -0.128. The van der Waals surface area contributed by atoms with Gasteiger partial charge in [-0.05, 0) is 18.3 Å². The van der Waals surface area contributed by atoms with Crippen molar-refractivity contribution < 1.29 is 18.0 Å². The molecule has 1 fully saturated rings. The maximum atomic E-state index is 11.8. The molecule has 0 aromatic carbocycles. The molecule has 1 aliphatic rings. The average molecular weight is 238 g/mol. The molecule has 0 unspecified atom stereocenters. The summed E-state index contributed by atoms with van der Waals surface area (Å²) < 4.78 is 35.3. The van der Waals surface area contributed by atoms with Crippen molar-refractivity contribution >= 4 is 5.91 Å². The van der Waals surface area contributed by atoms with E-state index >= 15 is 0 Å². The average Bonchev–Trinajstić information content (AvgIpc) is 2.09. The molecule has 1 rings (SSSR count). The molecule has 0 aromatic rings. The Morgan fingerprint density at radius 3 is 2.44 bits per heavy atom. The Morgan fingerprint density at radius 2 is 2.00 bits per heavy atom. The maximum Gasteiger partial charge on any atom is 0.401 e. The zero-order chi connectivity index (χ0) is 12.2. The van der Waals surface area contributed by atoms with Crippen LogP contribution in [0.15, 0.2) is 0 Å². The second-order valence-electron chi connectivity index (χ2n) is 4.66.